The summed E-state index contributed by atoms with van der Waals surface area (Å²) in [5, 5.41) is 4.22. The topological polar surface area (TPSA) is 37.8 Å². The van der Waals surface area contributed by atoms with Gasteiger partial charge in [-0.15, -0.1) is 0 Å². The summed E-state index contributed by atoms with van der Waals surface area (Å²) in [7, 11) is 0. The fourth-order valence-corrected chi connectivity index (χ4v) is 2.12. The van der Waals surface area contributed by atoms with Gasteiger partial charge < -0.3 is 5.32 Å². The maximum atomic E-state index is 13.9. The summed E-state index contributed by atoms with van der Waals surface area (Å²) >= 11 is 5.84. The van der Waals surface area contributed by atoms with Crippen molar-refractivity contribution in [3.63, 3.8) is 0 Å². The molecule has 0 spiro atoms. The minimum atomic E-state index is -0.332. The standard InChI is InChI=1S/C15H11ClFN3/c16-11-6-4-10(5-7-11)8-18-15-14-12(17)2-1-3-13(14)19-9-20-15/h1-7,9H,8H2,(H,18,19,20). The number of halogens is 2. The normalized spacial score (nSPS) is 10.7. The van der Waals surface area contributed by atoms with Gasteiger partial charge in [0.1, 0.15) is 18.0 Å². The Morgan fingerprint density at radius 3 is 2.65 bits per heavy atom. The monoisotopic (exact) mass is 287 g/mol. The largest absolute Gasteiger partial charge is 0.365 e. The third-order valence-electron chi connectivity index (χ3n) is 2.99. The molecule has 1 aromatic heterocycles. The molecule has 3 nitrogen and oxygen atoms in total. The molecule has 5 heteroatoms. The van der Waals surface area contributed by atoms with Crippen molar-refractivity contribution >= 4 is 28.3 Å². The van der Waals surface area contributed by atoms with E-state index in [1.807, 2.05) is 24.3 Å². The van der Waals surface area contributed by atoms with Crippen LogP contribution in [0, 0.1) is 5.82 Å². The third-order valence-corrected chi connectivity index (χ3v) is 3.24. The van der Waals surface area contributed by atoms with Crippen molar-refractivity contribution in [2.75, 3.05) is 5.32 Å². The minimum absolute atomic E-state index is 0.332. The lowest BCUT2D eigenvalue weighted by atomic mass is 10.2. The summed E-state index contributed by atoms with van der Waals surface area (Å²) in [6.07, 6.45) is 1.42. The number of fused-ring (bicyclic) bond motifs is 1. The Balaban J connectivity index is 1.89. The molecule has 2 aromatic carbocycles. The molecule has 0 atom stereocenters. The molecule has 0 fully saturated rings. The van der Waals surface area contributed by atoms with E-state index in [9.17, 15) is 4.39 Å². The van der Waals surface area contributed by atoms with E-state index in [1.54, 1.807) is 12.1 Å². The van der Waals surface area contributed by atoms with Gasteiger partial charge in [0, 0.05) is 11.6 Å². The third kappa shape index (κ3) is 2.56. The average molecular weight is 288 g/mol. The summed E-state index contributed by atoms with van der Waals surface area (Å²) in [6, 6.07) is 12.2. The van der Waals surface area contributed by atoms with E-state index in [2.05, 4.69) is 15.3 Å². The minimum Gasteiger partial charge on any atom is -0.365 e. The van der Waals surface area contributed by atoms with E-state index < -0.39 is 0 Å². The highest BCUT2D eigenvalue weighted by Gasteiger charge is 2.08. The van der Waals surface area contributed by atoms with Crippen LogP contribution in [-0.2, 0) is 6.54 Å². The van der Waals surface area contributed by atoms with Crippen LogP contribution < -0.4 is 5.32 Å². The average Bonchev–Trinajstić information content (AvgIpc) is 2.47. The second-order valence-electron chi connectivity index (χ2n) is 4.34. The number of benzene rings is 2. The predicted octanol–water partition coefficient (Wildman–Crippen LogP) is 4.03. The van der Waals surface area contributed by atoms with Gasteiger partial charge in [0.25, 0.3) is 0 Å². The summed E-state index contributed by atoms with van der Waals surface area (Å²) in [4.78, 5) is 8.17. The molecule has 20 heavy (non-hydrogen) atoms. The van der Waals surface area contributed by atoms with Gasteiger partial charge in [-0.05, 0) is 29.8 Å². The first-order chi connectivity index (χ1) is 9.74. The molecule has 100 valence electrons. The molecule has 0 amide bonds. The van der Waals surface area contributed by atoms with E-state index in [0.29, 0.717) is 28.3 Å². The van der Waals surface area contributed by atoms with Crippen LogP contribution in [0.15, 0.2) is 48.8 Å². The number of rotatable bonds is 3. The molecule has 1 heterocycles. The fraction of sp³-hybridized carbons (Fsp3) is 0.0667. The number of anilines is 1. The zero-order valence-electron chi connectivity index (χ0n) is 10.5. The first-order valence-corrected chi connectivity index (χ1v) is 6.49. The molecule has 0 aliphatic rings. The number of aromatic nitrogens is 2. The lowest BCUT2D eigenvalue weighted by Crippen LogP contribution is -2.03. The number of hydrogen-bond acceptors (Lipinski definition) is 3. The Labute approximate surface area is 120 Å². The van der Waals surface area contributed by atoms with Crippen molar-refractivity contribution in [1.29, 1.82) is 0 Å². The van der Waals surface area contributed by atoms with E-state index in [1.165, 1.54) is 12.4 Å². The highest BCUT2D eigenvalue weighted by Crippen LogP contribution is 2.22. The Hall–Kier alpha value is -2.20. The molecule has 0 saturated carbocycles. The van der Waals surface area contributed by atoms with E-state index in [0.717, 1.165) is 5.56 Å². The van der Waals surface area contributed by atoms with Gasteiger partial charge in [0.15, 0.2) is 0 Å². The molecule has 1 N–H and O–H groups in total. The molecule has 0 unspecified atom stereocenters. The van der Waals surface area contributed by atoms with Crippen molar-refractivity contribution in [2.45, 2.75) is 6.54 Å². The second kappa shape index (κ2) is 5.43. The van der Waals surface area contributed by atoms with Crippen molar-refractivity contribution in [2.24, 2.45) is 0 Å². The van der Waals surface area contributed by atoms with Crippen LogP contribution in [-0.4, -0.2) is 9.97 Å². The van der Waals surface area contributed by atoms with Gasteiger partial charge in [-0.25, -0.2) is 14.4 Å². The van der Waals surface area contributed by atoms with Crippen LogP contribution in [0.5, 0.6) is 0 Å². The predicted molar refractivity (Wildman–Crippen MR) is 78.3 cm³/mol. The molecule has 0 bridgehead atoms. The van der Waals surface area contributed by atoms with Crippen molar-refractivity contribution in [3.8, 4) is 0 Å². The highest BCUT2D eigenvalue weighted by molar-refractivity contribution is 6.30. The smallest absolute Gasteiger partial charge is 0.140 e. The lowest BCUT2D eigenvalue weighted by Gasteiger charge is -2.09. The van der Waals surface area contributed by atoms with Crippen molar-refractivity contribution in [1.82, 2.24) is 9.97 Å². The maximum absolute atomic E-state index is 13.9. The van der Waals surface area contributed by atoms with Crippen LogP contribution >= 0.6 is 11.6 Å². The summed E-state index contributed by atoms with van der Waals surface area (Å²) in [5.41, 5.74) is 1.62. The van der Waals surface area contributed by atoms with E-state index in [4.69, 9.17) is 11.6 Å². The van der Waals surface area contributed by atoms with Crippen LogP contribution in [0.3, 0.4) is 0 Å². The molecular formula is C15H11ClFN3. The SMILES string of the molecule is Fc1cccc2ncnc(NCc3ccc(Cl)cc3)c12. The number of hydrogen-bond donors (Lipinski definition) is 1. The van der Waals surface area contributed by atoms with Crippen LogP contribution in [0.2, 0.25) is 5.02 Å². The zero-order valence-corrected chi connectivity index (χ0v) is 11.2. The molecule has 0 radical (unpaired) electrons. The zero-order chi connectivity index (χ0) is 13.9. The van der Waals surface area contributed by atoms with Gasteiger partial charge in [-0.2, -0.15) is 0 Å². The van der Waals surface area contributed by atoms with Gasteiger partial charge in [-0.1, -0.05) is 29.8 Å². The first kappa shape index (κ1) is 12.8. The maximum Gasteiger partial charge on any atom is 0.140 e. The molecule has 3 rings (SSSR count). The molecule has 0 aliphatic carbocycles. The second-order valence-corrected chi connectivity index (χ2v) is 4.77. The van der Waals surface area contributed by atoms with Crippen LogP contribution in [0.25, 0.3) is 10.9 Å². The molecular weight excluding hydrogens is 277 g/mol. The summed E-state index contributed by atoms with van der Waals surface area (Å²) < 4.78 is 13.9. The van der Waals surface area contributed by atoms with E-state index in [-0.39, 0.29) is 5.82 Å². The van der Waals surface area contributed by atoms with Gasteiger partial charge in [0.2, 0.25) is 0 Å². The summed E-state index contributed by atoms with van der Waals surface area (Å²) in [5.74, 6) is 0.157. The molecule has 0 aliphatic heterocycles. The highest BCUT2D eigenvalue weighted by atomic mass is 35.5. The summed E-state index contributed by atoms with van der Waals surface area (Å²) in [6.45, 7) is 0.539. The lowest BCUT2D eigenvalue weighted by molar-refractivity contribution is 0.639. The van der Waals surface area contributed by atoms with E-state index >= 15 is 0 Å². The van der Waals surface area contributed by atoms with Gasteiger partial charge in [-0.3, -0.25) is 0 Å². The van der Waals surface area contributed by atoms with Crippen LogP contribution in [0.4, 0.5) is 10.2 Å². The van der Waals surface area contributed by atoms with Crippen LogP contribution in [0.1, 0.15) is 5.56 Å². The van der Waals surface area contributed by atoms with Crippen molar-refractivity contribution < 1.29 is 4.39 Å². The van der Waals surface area contributed by atoms with Gasteiger partial charge in [0.05, 0.1) is 10.9 Å². The molecule has 0 saturated heterocycles. The quantitative estimate of drug-likeness (QED) is 0.790. The Bertz CT molecular complexity index is 738. The Morgan fingerprint density at radius 2 is 1.85 bits per heavy atom. The van der Waals surface area contributed by atoms with Gasteiger partial charge >= 0.3 is 0 Å². The number of nitrogens with zero attached hydrogens (tertiary/aromatic N) is 2. The molecule has 3 aromatic rings. The first-order valence-electron chi connectivity index (χ1n) is 6.11. The Kier molecular flexibility index (Phi) is 3.48. The van der Waals surface area contributed by atoms with Crippen molar-refractivity contribution in [3.05, 3.63) is 65.2 Å². The number of nitrogens with one attached hydrogen (secondary N) is 1. The Morgan fingerprint density at radius 1 is 1.05 bits per heavy atom. The fourth-order valence-electron chi connectivity index (χ4n) is 1.99.